The third-order valence-corrected chi connectivity index (χ3v) is 4.22. The predicted octanol–water partition coefficient (Wildman–Crippen LogP) is 3.08. The fourth-order valence-corrected chi connectivity index (χ4v) is 3.30. The number of rotatable bonds is 4. The molecule has 1 aliphatic carbocycles. The van der Waals surface area contributed by atoms with Crippen LogP contribution in [-0.2, 0) is 5.75 Å². The van der Waals surface area contributed by atoms with E-state index in [1.165, 1.54) is 17.7 Å². The molecule has 0 bridgehead atoms. The van der Waals surface area contributed by atoms with Crippen molar-refractivity contribution >= 4 is 11.8 Å². The minimum absolute atomic E-state index is 0.0210. The van der Waals surface area contributed by atoms with E-state index in [2.05, 4.69) is 30.3 Å². The standard InChI is InChI=1S/C13H18OS/c14-13-7-6-12(8-13)10-15-9-11-4-2-1-3-5-11/h1-5,12-14H,6-10H2. The second-order valence-corrected chi connectivity index (χ2v) is 5.36. The Hall–Kier alpha value is -0.470. The van der Waals surface area contributed by atoms with Crippen LogP contribution in [0.3, 0.4) is 0 Å². The topological polar surface area (TPSA) is 20.2 Å². The van der Waals surface area contributed by atoms with Crippen LogP contribution in [0.1, 0.15) is 24.8 Å². The van der Waals surface area contributed by atoms with Gasteiger partial charge in [0.25, 0.3) is 0 Å². The van der Waals surface area contributed by atoms with Gasteiger partial charge in [-0.3, -0.25) is 0 Å². The highest BCUT2D eigenvalue weighted by Gasteiger charge is 2.22. The van der Waals surface area contributed by atoms with Gasteiger partial charge in [0.1, 0.15) is 0 Å². The largest absolute Gasteiger partial charge is 0.393 e. The molecule has 2 heteroatoms. The molecule has 1 aromatic rings. The van der Waals surface area contributed by atoms with E-state index in [-0.39, 0.29) is 6.10 Å². The lowest BCUT2D eigenvalue weighted by Crippen LogP contribution is -2.02. The average Bonchev–Trinajstić information content (AvgIpc) is 2.66. The fourth-order valence-electron chi connectivity index (χ4n) is 2.12. The van der Waals surface area contributed by atoms with Gasteiger partial charge in [0.2, 0.25) is 0 Å². The molecular formula is C13H18OS. The lowest BCUT2D eigenvalue weighted by molar-refractivity contribution is 0.179. The summed E-state index contributed by atoms with van der Waals surface area (Å²) in [5.41, 5.74) is 1.40. The molecule has 82 valence electrons. The highest BCUT2D eigenvalue weighted by Crippen LogP contribution is 2.29. The maximum atomic E-state index is 9.41. The zero-order valence-corrected chi connectivity index (χ0v) is 9.75. The van der Waals surface area contributed by atoms with Crippen molar-refractivity contribution in [3.05, 3.63) is 35.9 Å². The normalized spacial score (nSPS) is 25.7. The van der Waals surface area contributed by atoms with Crippen LogP contribution in [-0.4, -0.2) is 17.0 Å². The summed E-state index contributed by atoms with van der Waals surface area (Å²) in [6.45, 7) is 0. The van der Waals surface area contributed by atoms with Crippen molar-refractivity contribution in [2.75, 3.05) is 5.75 Å². The van der Waals surface area contributed by atoms with Gasteiger partial charge in [0, 0.05) is 5.75 Å². The van der Waals surface area contributed by atoms with E-state index in [0.717, 1.165) is 24.5 Å². The molecule has 0 aromatic heterocycles. The van der Waals surface area contributed by atoms with E-state index < -0.39 is 0 Å². The van der Waals surface area contributed by atoms with Gasteiger partial charge in [-0.15, -0.1) is 0 Å². The first-order valence-corrected chi connectivity index (χ1v) is 6.80. The molecule has 1 aromatic carbocycles. The van der Waals surface area contributed by atoms with Crippen LogP contribution < -0.4 is 0 Å². The van der Waals surface area contributed by atoms with Crippen molar-refractivity contribution in [3.8, 4) is 0 Å². The third-order valence-electron chi connectivity index (χ3n) is 2.98. The molecule has 1 N–H and O–H groups in total. The van der Waals surface area contributed by atoms with Crippen molar-refractivity contribution in [2.24, 2.45) is 5.92 Å². The Morgan fingerprint density at radius 3 is 2.67 bits per heavy atom. The SMILES string of the molecule is OC1CCC(CSCc2ccccc2)C1. The van der Waals surface area contributed by atoms with E-state index in [1.54, 1.807) is 0 Å². The molecule has 1 nitrogen and oxygen atoms in total. The van der Waals surface area contributed by atoms with Crippen LogP contribution in [0, 0.1) is 5.92 Å². The van der Waals surface area contributed by atoms with Crippen LogP contribution in [0.5, 0.6) is 0 Å². The van der Waals surface area contributed by atoms with Crippen LogP contribution in [0.15, 0.2) is 30.3 Å². The molecule has 0 aliphatic heterocycles. The molecule has 1 fully saturated rings. The van der Waals surface area contributed by atoms with Gasteiger partial charge < -0.3 is 5.11 Å². The molecule has 2 unspecified atom stereocenters. The van der Waals surface area contributed by atoms with Crippen LogP contribution >= 0.6 is 11.8 Å². The highest BCUT2D eigenvalue weighted by atomic mass is 32.2. The number of hydrogen-bond donors (Lipinski definition) is 1. The summed E-state index contributed by atoms with van der Waals surface area (Å²) >= 11 is 1.99. The molecule has 1 saturated carbocycles. The first-order chi connectivity index (χ1) is 7.34. The van der Waals surface area contributed by atoms with E-state index in [4.69, 9.17) is 0 Å². The monoisotopic (exact) mass is 222 g/mol. The summed E-state index contributed by atoms with van der Waals surface area (Å²) in [5.74, 6) is 3.05. The van der Waals surface area contributed by atoms with Gasteiger partial charge in [-0.1, -0.05) is 30.3 Å². The molecule has 0 spiro atoms. The second kappa shape index (κ2) is 5.57. The first kappa shape index (κ1) is 11.0. The smallest absolute Gasteiger partial charge is 0.0543 e. The molecule has 0 amide bonds. The Morgan fingerprint density at radius 2 is 2.00 bits per heavy atom. The Balaban J connectivity index is 1.67. The zero-order chi connectivity index (χ0) is 10.5. The number of aliphatic hydroxyl groups excluding tert-OH is 1. The maximum absolute atomic E-state index is 9.41. The van der Waals surface area contributed by atoms with Crippen molar-refractivity contribution in [1.82, 2.24) is 0 Å². The fraction of sp³-hybridized carbons (Fsp3) is 0.538. The summed E-state index contributed by atoms with van der Waals surface area (Å²) in [5, 5.41) is 9.41. The number of aliphatic hydroxyl groups is 1. The van der Waals surface area contributed by atoms with Crippen LogP contribution in [0.25, 0.3) is 0 Å². The summed E-state index contributed by atoms with van der Waals surface area (Å²) in [6.07, 6.45) is 3.22. The quantitative estimate of drug-likeness (QED) is 0.845. The molecule has 2 rings (SSSR count). The Labute approximate surface area is 95.9 Å². The Morgan fingerprint density at radius 1 is 1.20 bits per heavy atom. The van der Waals surface area contributed by atoms with Crippen LogP contribution in [0.4, 0.5) is 0 Å². The average molecular weight is 222 g/mol. The third kappa shape index (κ3) is 3.54. The van der Waals surface area contributed by atoms with E-state index in [9.17, 15) is 5.11 Å². The summed E-state index contributed by atoms with van der Waals surface area (Å²) in [7, 11) is 0. The number of thioether (sulfide) groups is 1. The van der Waals surface area contributed by atoms with Gasteiger partial charge in [0.15, 0.2) is 0 Å². The molecule has 2 atom stereocenters. The van der Waals surface area contributed by atoms with Gasteiger partial charge in [0.05, 0.1) is 6.10 Å². The van der Waals surface area contributed by atoms with Crippen molar-refractivity contribution < 1.29 is 5.11 Å². The number of benzene rings is 1. The first-order valence-electron chi connectivity index (χ1n) is 5.64. The van der Waals surface area contributed by atoms with Crippen molar-refractivity contribution in [3.63, 3.8) is 0 Å². The Bertz CT molecular complexity index is 286. The van der Waals surface area contributed by atoms with Crippen molar-refractivity contribution in [1.29, 1.82) is 0 Å². The molecular weight excluding hydrogens is 204 g/mol. The lowest BCUT2D eigenvalue weighted by Gasteiger charge is -2.08. The minimum Gasteiger partial charge on any atom is -0.393 e. The molecule has 0 saturated heterocycles. The molecule has 0 heterocycles. The lowest BCUT2D eigenvalue weighted by atomic mass is 10.1. The predicted molar refractivity (Wildman–Crippen MR) is 66.0 cm³/mol. The molecule has 1 aliphatic rings. The minimum atomic E-state index is -0.0210. The highest BCUT2D eigenvalue weighted by molar-refractivity contribution is 7.98. The summed E-state index contributed by atoms with van der Waals surface area (Å²) in [4.78, 5) is 0. The van der Waals surface area contributed by atoms with Gasteiger partial charge in [-0.25, -0.2) is 0 Å². The Kier molecular flexibility index (Phi) is 4.09. The van der Waals surface area contributed by atoms with Gasteiger partial charge >= 0.3 is 0 Å². The van der Waals surface area contributed by atoms with Crippen molar-refractivity contribution in [2.45, 2.75) is 31.1 Å². The van der Waals surface area contributed by atoms with Gasteiger partial charge in [-0.2, -0.15) is 11.8 Å². The van der Waals surface area contributed by atoms with E-state index in [1.807, 2.05) is 11.8 Å². The number of hydrogen-bond acceptors (Lipinski definition) is 2. The molecule has 15 heavy (non-hydrogen) atoms. The maximum Gasteiger partial charge on any atom is 0.0543 e. The van der Waals surface area contributed by atoms with E-state index >= 15 is 0 Å². The van der Waals surface area contributed by atoms with Crippen LogP contribution in [0.2, 0.25) is 0 Å². The second-order valence-electron chi connectivity index (χ2n) is 4.33. The summed E-state index contributed by atoms with van der Waals surface area (Å²) in [6, 6.07) is 10.6. The van der Waals surface area contributed by atoms with E-state index in [0.29, 0.717) is 0 Å². The zero-order valence-electron chi connectivity index (χ0n) is 8.93. The van der Waals surface area contributed by atoms with Gasteiger partial charge in [-0.05, 0) is 36.5 Å². The molecule has 0 radical (unpaired) electrons. The summed E-state index contributed by atoms with van der Waals surface area (Å²) < 4.78 is 0.